The smallest absolute Gasteiger partial charge is 0.263 e. The monoisotopic (exact) mass is 461 g/mol. The number of aromatic nitrogens is 1. The SMILES string of the molecule is COc1ccc(C(=O)N2CCN(C(=O)c3cccn(Cc4ccccc4)c3=O)CC2)cc1OC. The van der Waals surface area contributed by atoms with Crippen molar-refractivity contribution in [2.75, 3.05) is 40.4 Å². The topological polar surface area (TPSA) is 81.1 Å². The molecule has 0 radical (unpaired) electrons. The van der Waals surface area contributed by atoms with Gasteiger partial charge in [0.25, 0.3) is 17.4 Å². The van der Waals surface area contributed by atoms with Gasteiger partial charge in [0.05, 0.1) is 20.8 Å². The molecule has 2 aromatic carbocycles. The fourth-order valence-electron chi connectivity index (χ4n) is 4.04. The molecule has 0 atom stereocenters. The Morgan fingerprint density at radius 1 is 0.794 bits per heavy atom. The van der Waals surface area contributed by atoms with E-state index in [1.54, 1.807) is 58.0 Å². The lowest BCUT2D eigenvalue weighted by molar-refractivity contribution is 0.0534. The summed E-state index contributed by atoms with van der Waals surface area (Å²) < 4.78 is 12.1. The van der Waals surface area contributed by atoms with E-state index in [2.05, 4.69) is 0 Å². The molecule has 0 N–H and O–H groups in total. The number of hydrogen-bond acceptors (Lipinski definition) is 5. The van der Waals surface area contributed by atoms with E-state index in [0.29, 0.717) is 49.8 Å². The Bertz CT molecular complexity index is 1230. The molecular weight excluding hydrogens is 434 g/mol. The second kappa shape index (κ2) is 10.2. The number of hydrogen-bond donors (Lipinski definition) is 0. The predicted molar refractivity (Wildman–Crippen MR) is 128 cm³/mol. The van der Waals surface area contributed by atoms with Gasteiger partial charge in [0.15, 0.2) is 11.5 Å². The van der Waals surface area contributed by atoms with E-state index in [9.17, 15) is 14.4 Å². The van der Waals surface area contributed by atoms with E-state index in [1.165, 1.54) is 7.11 Å². The van der Waals surface area contributed by atoms with Crippen LogP contribution in [0.3, 0.4) is 0 Å². The molecule has 176 valence electrons. The predicted octanol–water partition coefficient (Wildman–Crippen LogP) is 2.51. The van der Waals surface area contributed by atoms with Crippen LogP contribution in [-0.2, 0) is 6.54 Å². The van der Waals surface area contributed by atoms with E-state index in [1.807, 2.05) is 30.3 Å². The molecule has 8 heteroatoms. The van der Waals surface area contributed by atoms with Gasteiger partial charge < -0.3 is 23.8 Å². The minimum Gasteiger partial charge on any atom is -0.493 e. The molecule has 8 nitrogen and oxygen atoms in total. The minimum atomic E-state index is -0.319. The quantitative estimate of drug-likeness (QED) is 0.564. The molecule has 1 saturated heterocycles. The molecular formula is C26H27N3O5. The van der Waals surface area contributed by atoms with Gasteiger partial charge in [0.2, 0.25) is 0 Å². The Kier molecular flexibility index (Phi) is 6.96. The zero-order valence-electron chi connectivity index (χ0n) is 19.3. The summed E-state index contributed by atoms with van der Waals surface area (Å²) in [6.45, 7) is 1.86. The van der Waals surface area contributed by atoms with Crippen molar-refractivity contribution in [2.24, 2.45) is 0 Å². The van der Waals surface area contributed by atoms with Crippen LogP contribution in [0.5, 0.6) is 11.5 Å². The molecule has 34 heavy (non-hydrogen) atoms. The number of carbonyl (C=O) groups is 2. The Balaban J connectivity index is 1.43. The summed E-state index contributed by atoms with van der Waals surface area (Å²) in [6.07, 6.45) is 1.69. The van der Waals surface area contributed by atoms with Crippen molar-refractivity contribution in [1.82, 2.24) is 14.4 Å². The first-order valence-corrected chi connectivity index (χ1v) is 11.1. The second-order valence-electron chi connectivity index (χ2n) is 7.99. The molecule has 1 fully saturated rings. The van der Waals surface area contributed by atoms with Gasteiger partial charge in [-0.05, 0) is 35.9 Å². The van der Waals surface area contributed by atoms with Crippen LogP contribution in [0.1, 0.15) is 26.3 Å². The first kappa shape index (κ1) is 23.1. The lowest BCUT2D eigenvalue weighted by Gasteiger charge is -2.34. The maximum atomic E-state index is 13.1. The van der Waals surface area contributed by atoms with Gasteiger partial charge in [0.1, 0.15) is 5.56 Å². The van der Waals surface area contributed by atoms with Crippen molar-refractivity contribution in [1.29, 1.82) is 0 Å². The standard InChI is InChI=1S/C26H27N3O5/c1-33-22-11-10-20(17-23(22)34-2)24(30)27-13-15-28(16-14-27)25(31)21-9-6-12-29(26(21)32)18-19-7-4-3-5-8-19/h3-12,17H,13-16,18H2,1-2H3. The lowest BCUT2D eigenvalue weighted by Crippen LogP contribution is -2.51. The Morgan fingerprint density at radius 2 is 1.44 bits per heavy atom. The fraction of sp³-hybridized carbons (Fsp3) is 0.269. The van der Waals surface area contributed by atoms with E-state index >= 15 is 0 Å². The minimum absolute atomic E-state index is 0.137. The van der Waals surface area contributed by atoms with Crippen molar-refractivity contribution in [3.05, 3.63) is 93.9 Å². The number of benzene rings is 2. The Morgan fingerprint density at radius 3 is 2.09 bits per heavy atom. The molecule has 0 spiro atoms. The summed E-state index contributed by atoms with van der Waals surface area (Å²) in [5, 5.41) is 0. The Hall–Kier alpha value is -4.07. The number of nitrogens with zero attached hydrogens (tertiary/aromatic N) is 3. The lowest BCUT2D eigenvalue weighted by atomic mass is 10.1. The van der Waals surface area contributed by atoms with Gasteiger partial charge >= 0.3 is 0 Å². The summed E-state index contributed by atoms with van der Waals surface area (Å²) in [5.41, 5.74) is 1.29. The van der Waals surface area contributed by atoms with Gasteiger partial charge in [0, 0.05) is 37.9 Å². The van der Waals surface area contributed by atoms with Crippen molar-refractivity contribution in [3.63, 3.8) is 0 Å². The number of carbonyl (C=O) groups excluding carboxylic acids is 2. The van der Waals surface area contributed by atoms with Crippen LogP contribution >= 0.6 is 0 Å². The zero-order valence-corrected chi connectivity index (χ0v) is 19.3. The molecule has 4 rings (SSSR count). The van der Waals surface area contributed by atoms with E-state index in [-0.39, 0.29) is 22.9 Å². The molecule has 2 amide bonds. The summed E-state index contributed by atoms with van der Waals surface area (Å²) >= 11 is 0. The van der Waals surface area contributed by atoms with Crippen LogP contribution in [0.4, 0.5) is 0 Å². The number of ether oxygens (including phenoxy) is 2. The fourth-order valence-corrected chi connectivity index (χ4v) is 4.04. The third-order valence-electron chi connectivity index (χ3n) is 5.93. The highest BCUT2D eigenvalue weighted by Crippen LogP contribution is 2.28. The van der Waals surface area contributed by atoms with Crippen molar-refractivity contribution in [2.45, 2.75) is 6.54 Å². The third kappa shape index (κ3) is 4.80. The number of piperazine rings is 1. The normalized spacial score (nSPS) is 13.5. The maximum Gasteiger partial charge on any atom is 0.263 e. The van der Waals surface area contributed by atoms with Crippen molar-refractivity contribution in [3.8, 4) is 11.5 Å². The molecule has 2 heterocycles. The van der Waals surface area contributed by atoms with Gasteiger partial charge in [-0.2, -0.15) is 0 Å². The number of pyridine rings is 1. The number of methoxy groups -OCH3 is 2. The maximum absolute atomic E-state index is 13.1. The first-order valence-electron chi connectivity index (χ1n) is 11.1. The molecule has 0 aliphatic carbocycles. The first-order chi connectivity index (χ1) is 16.5. The van der Waals surface area contributed by atoms with Gasteiger partial charge in [-0.15, -0.1) is 0 Å². The van der Waals surface area contributed by atoms with Gasteiger partial charge in [-0.3, -0.25) is 14.4 Å². The van der Waals surface area contributed by atoms with Crippen LogP contribution in [0.2, 0.25) is 0 Å². The highest BCUT2D eigenvalue weighted by Gasteiger charge is 2.27. The number of rotatable bonds is 6. The third-order valence-corrected chi connectivity index (χ3v) is 5.93. The highest BCUT2D eigenvalue weighted by atomic mass is 16.5. The van der Waals surface area contributed by atoms with E-state index in [0.717, 1.165) is 5.56 Å². The van der Waals surface area contributed by atoms with Crippen LogP contribution in [-0.4, -0.2) is 66.6 Å². The van der Waals surface area contributed by atoms with Gasteiger partial charge in [-0.25, -0.2) is 0 Å². The van der Waals surface area contributed by atoms with Crippen LogP contribution in [0.15, 0.2) is 71.7 Å². The second-order valence-corrected chi connectivity index (χ2v) is 7.99. The molecule has 0 saturated carbocycles. The average molecular weight is 462 g/mol. The highest BCUT2D eigenvalue weighted by molar-refractivity contribution is 5.96. The Labute approximate surface area is 197 Å². The van der Waals surface area contributed by atoms with Crippen LogP contribution in [0, 0.1) is 0 Å². The zero-order chi connectivity index (χ0) is 24.1. The number of amides is 2. The van der Waals surface area contributed by atoms with Crippen molar-refractivity contribution >= 4 is 11.8 Å². The molecule has 0 bridgehead atoms. The van der Waals surface area contributed by atoms with Crippen LogP contribution < -0.4 is 15.0 Å². The largest absolute Gasteiger partial charge is 0.493 e. The van der Waals surface area contributed by atoms with Gasteiger partial charge in [-0.1, -0.05) is 30.3 Å². The molecule has 3 aromatic rings. The van der Waals surface area contributed by atoms with Crippen LogP contribution in [0.25, 0.3) is 0 Å². The average Bonchev–Trinajstić information content (AvgIpc) is 2.89. The summed E-state index contributed by atoms with van der Waals surface area (Å²) in [7, 11) is 3.06. The van der Waals surface area contributed by atoms with E-state index in [4.69, 9.17) is 9.47 Å². The molecule has 1 aliphatic rings. The molecule has 0 unspecified atom stereocenters. The summed E-state index contributed by atoms with van der Waals surface area (Å²) in [6, 6.07) is 17.9. The van der Waals surface area contributed by atoms with Crippen molar-refractivity contribution < 1.29 is 19.1 Å². The summed E-state index contributed by atoms with van der Waals surface area (Å²) in [5.74, 6) is 0.580. The summed E-state index contributed by atoms with van der Waals surface area (Å²) in [4.78, 5) is 42.3. The molecule has 1 aliphatic heterocycles. The molecule has 1 aromatic heterocycles. The van der Waals surface area contributed by atoms with E-state index < -0.39 is 0 Å².